The summed E-state index contributed by atoms with van der Waals surface area (Å²) in [5, 5.41) is 3.88. The van der Waals surface area contributed by atoms with Crippen LogP contribution in [0.15, 0.2) is 22.7 Å². The molecule has 1 aromatic heterocycles. The number of hydrogen-bond acceptors (Lipinski definition) is 7. The minimum absolute atomic E-state index is 0.254. The molecule has 0 aliphatic rings. The summed E-state index contributed by atoms with van der Waals surface area (Å²) in [4.78, 5) is 6.25. The normalized spacial score (nSPS) is 10.9. The fourth-order valence-electron chi connectivity index (χ4n) is 2.00. The maximum atomic E-state index is 5.44. The van der Waals surface area contributed by atoms with E-state index in [1.54, 1.807) is 14.2 Å². The molecule has 2 rings (SSSR count). The van der Waals surface area contributed by atoms with Gasteiger partial charge in [-0.15, -0.1) is 0 Å². The molecule has 2 N–H and O–H groups in total. The molecule has 1 aromatic carbocycles. The predicted octanol–water partition coefficient (Wildman–Crippen LogP) is 1.18. The average Bonchev–Trinajstić information content (AvgIpc) is 2.94. The third-order valence-corrected chi connectivity index (χ3v) is 2.96. The highest BCUT2D eigenvalue weighted by Crippen LogP contribution is 2.23. The molecule has 0 saturated heterocycles. The lowest BCUT2D eigenvalue weighted by Crippen LogP contribution is -2.18. The van der Waals surface area contributed by atoms with E-state index in [-0.39, 0.29) is 6.54 Å². The molecule has 7 heteroatoms. The van der Waals surface area contributed by atoms with Gasteiger partial charge in [0.05, 0.1) is 27.3 Å². The lowest BCUT2D eigenvalue weighted by Gasteiger charge is -2.16. The van der Waals surface area contributed by atoms with E-state index in [1.165, 1.54) is 0 Å². The van der Waals surface area contributed by atoms with Crippen LogP contribution in [0.3, 0.4) is 0 Å². The molecule has 0 atom stereocenters. The van der Waals surface area contributed by atoms with Crippen molar-refractivity contribution in [1.82, 2.24) is 15.0 Å². The highest BCUT2D eigenvalue weighted by atomic mass is 16.5. The largest absolute Gasteiger partial charge is 0.497 e. The number of hydrogen-bond donors (Lipinski definition) is 1. The molecule has 0 unspecified atom stereocenters. The van der Waals surface area contributed by atoms with Gasteiger partial charge in [0, 0.05) is 12.6 Å². The zero-order valence-electron chi connectivity index (χ0n) is 12.5. The van der Waals surface area contributed by atoms with Crippen molar-refractivity contribution in [2.75, 3.05) is 21.3 Å². The number of nitrogens with zero attached hydrogens (tertiary/aromatic N) is 3. The molecule has 0 aliphatic heterocycles. The molecule has 114 valence electrons. The van der Waals surface area contributed by atoms with Crippen LogP contribution in [0.4, 0.5) is 0 Å². The second-order valence-electron chi connectivity index (χ2n) is 4.70. The van der Waals surface area contributed by atoms with Crippen LogP contribution in [0, 0.1) is 0 Å². The Kier molecular flexibility index (Phi) is 5.13. The van der Waals surface area contributed by atoms with E-state index in [1.807, 2.05) is 25.2 Å². The number of ether oxygens (including phenoxy) is 2. The number of methoxy groups -OCH3 is 2. The molecular formula is C14H20N4O3. The maximum Gasteiger partial charge on any atom is 0.240 e. The van der Waals surface area contributed by atoms with Crippen LogP contribution in [-0.2, 0) is 19.6 Å². The summed E-state index contributed by atoms with van der Waals surface area (Å²) in [6.45, 7) is 1.53. The third kappa shape index (κ3) is 4.17. The first-order valence-electron chi connectivity index (χ1n) is 6.56. The molecule has 1 heterocycles. The van der Waals surface area contributed by atoms with Gasteiger partial charge in [0.25, 0.3) is 0 Å². The van der Waals surface area contributed by atoms with E-state index in [0.29, 0.717) is 24.8 Å². The Morgan fingerprint density at radius 3 is 2.33 bits per heavy atom. The lowest BCUT2D eigenvalue weighted by molar-refractivity contribution is 0.298. The molecule has 7 nitrogen and oxygen atoms in total. The standard InChI is InChI=1S/C14H20N4O3/c1-18(9-13-16-14(7-15)21-17-13)8-10-4-11(19-2)6-12(5-10)20-3/h4-6H,7-9,15H2,1-3H3. The molecule has 2 aromatic rings. The van der Waals surface area contributed by atoms with Gasteiger partial charge in [-0.05, 0) is 24.7 Å². The van der Waals surface area contributed by atoms with E-state index in [4.69, 9.17) is 19.7 Å². The number of aromatic nitrogens is 2. The fraction of sp³-hybridized carbons (Fsp3) is 0.429. The SMILES string of the molecule is COc1cc(CN(C)Cc2noc(CN)n2)cc(OC)c1. The number of rotatable bonds is 7. The Balaban J connectivity index is 2.02. The number of nitrogens with two attached hydrogens (primary N) is 1. The monoisotopic (exact) mass is 292 g/mol. The van der Waals surface area contributed by atoms with Crippen LogP contribution < -0.4 is 15.2 Å². The van der Waals surface area contributed by atoms with E-state index in [0.717, 1.165) is 17.1 Å². The van der Waals surface area contributed by atoms with Crippen molar-refractivity contribution in [2.45, 2.75) is 19.6 Å². The molecular weight excluding hydrogens is 272 g/mol. The molecule has 0 aliphatic carbocycles. The van der Waals surface area contributed by atoms with E-state index >= 15 is 0 Å². The second-order valence-corrected chi connectivity index (χ2v) is 4.70. The highest BCUT2D eigenvalue weighted by Gasteiger charge is 2.10. The Hall–Kier alpha value is -2.12. The van der Waals surface area contributed by atoms with Crippen LogP contribution in [0.5, 0.6) is 11.5 Å². The van der Waals surface area contributed by atoms with Crippen molar-refractivity contribution < 1.29 is 14.0 Å². The van der Waals surface area contributed by atoms with Crippen molar-refractivity contribution in [1.29, 1.82) is 0 Å². The van der Waals surface area contributed by atoms with Gasteiger partial charge in [-0.25, -0.2) is 0 Å². The smallest absolute Gasteiger partial charge is 0.240 e. The zero-order chi connectivity index (χ0) is 15.2. The third-order valence-electron chi connectivity index (χ3n) is 2.96. The van der Waals surface area contributed by atoms with Crippen molar-refractivity contribution >= 4 is 0 Å². The number of benzene rings is 1. The Bertz CT molecular complexity index is 563. The average molecular weight is 292 g/mol. The first-order valence-corrected chi connectivity index (χ1v) is 6.56. The first-order chi connectivity index (χ1) is 10.1. The quantitative estimate of drug-likeness (QED) is 0.819. The summed E-state index contributed by atoms with van der Waals surface area (Å²) >= 11 is 0. The van der Waals surface area contributed by atoms with Crippen LogP contribution >= 0.6 is 0 Å². The van der Waals surface area contributed by atoms with Gasteiger partial charge >= 0.3 is 0 Å². The second kappa shape index (κ2) is 7.05. The molecule has 0 radical (unpaired) electrons. The van der Waals surface area contributed by atoms with Crippen molar-refractivity contribution in [2.24, 2.45) is 5.73 Å². The topological polar surface area (TPSA) is 86.6 Å². The van der Waals surface area contributed by atoms with Gasteiger partial charge in [0.2, 0.25) is 5.89 Å². The molecule has 0 saturated carbocycles. The minimum Gasteiger partial charge on any atom is -0.497 e. The van der Waals surface area contributed by atoms with E-state index < -0.39 is 0 Å². The van der Waals surface area contributed by atoms with Gasteiger partial charge in [0.15, 0.2) is 5.82 Å². The molecule has 0 spiro atoms. The summed E-state index contributed by atoms with van der Waals surface area (Å²) in [5.74, 6) is 2.60. The summed E-state index contributed by atoms with van der Waals surface area (Å²) in [6, 6.07) is 5.79. The zero-order valence-corrected chi connectivity index (χ0v) is 12.5. The summed E-state index contributed by atoms with van der Waals surface area (Å²) < 4.78 is 15.5. The Morgan fingerprint density at radius 2 is 1.81 bits per heavy atom. The lowest BCUT2D eigenvalue weighted by atomic mass is 10.2. The van der Waals surface area contributed by atoms with Gasteiger partial charge in [-0.1, -0.05) is 5.16 Å². The van der Waals surface area contributed by atoms with Gasteiger partial charge < -0.3 is 19.7 Å². The van der Waals surface area contributed by atoms with Crippen LogP contribution in [0.1, 0.15) is 17.3 Å². The summed E-state index contributed by atoms with van der Waals surface area (Å²) in [5.41, 5.74) is 6.52. The van der Waals surface area contributed by atoms with E-state index in [2.05, 4.69) is 15.0 Å². The maximum absolute atomic E-state index is 5.44. The van der Waals surface area contributed by atoms with Crippen LogP contribution in [-0.4, -0.2) is 36.3 Å². The highest BCUT2D eigenvalue weighted by molar-refractivity contribution is 5.38. The van der Waals surface area contributed by atoms with Gasteiger partial charge in [0.1, 0.15) is 11.5 Å². The first kappa shape index (κ1) is 15.3. The molecule has 0 fully saturated rings. The Labute approximate surface area is 123 Å². The molecule has 0 amide bonds. The Morgan fingerprint density at radius 1 is 1.14 bits per heavy atom. The van der Waals surface area contributed by atoms with Gasteiger partial charge in [-0.2, -0.15) is 4.98 Å². The fourth-order valence-corrected chi connectivity index (χ4v) is 2.00. The van der Waals surface area contributed by atoms with Gasteiger partial charge in [-0.3, -0.25) is 4.90 Å². The van der Waals surface area contributed by atoms with Crippen LogP contribution in [0.2, 0.25) is 0 Å². The summed E-state index contributed by atoms with van der Waals surface area (Å²) in [6.07, 6.45) is 0. The van der Waals surface area contributed by atoms with Crippen molar-refractivity contribution in [3.63, 3.8) is 0 Å². The van der Waals surface area contributed by atoms with E-state index in [9.17, 15) is 0 Å². The van der Waals surface area contributed by atoms with Crippen molar-refractivity contribution in [3.05, 3.63) is 35.5 Å². The summed E-state index contributed by atoms with van der Waals surface area (Å²) in [7, 11) is 5.25. The minimum atomic E-state index is 0.254. The predicted molar refractivity (Wildman–Crippen MR) is 76.9 cm³/mol. The molecule has 0 bridgehead atoms. The van der Waals surface area contributed by atoms with Crippen molar-refractivity contribution in [3.8, 4) is 11.5 Å². The molecule has 21 heavy (non-hydrogen) atoms. The van der Waals surface area contributed by atoms with Crippen LogP contribution in [0.25, 0.3) is 0 Å².